The van der Waals surface area contributed by atoms with Gasteiger partial charge < -0.3 is 10.8 Å². The van der Waals surface area contributed by atoms with Gasteiger partial charge in [-0.2, -0.15) is 9.40 Å². The number of aromatic nitrogens is 2. The Morgan fingerprint density at radius 1 is 1.67 bits per heavy atom. The summed E-state index contributed by atoms with van der Waals surface area (Å²) in [4.78, 5) is 11.0. The number of hydrogen-bond acceptors (Lipinski definition) is 5. The molecule has 0 amide bonds. The zero-order valence-corrected chi connectivity index (χ0v) is 10.6. The van der Waals surface area contributed by atoms with Gasteiger partial charge in [0.1, 0.15) is 10.4 Å². The highest BCUT2D eigenvalue weighted by molar-refractivity contribution is 7.89. The number of rotatable bonds is 3. The van der Waals surface area contributed by atoms with Crippen LogP contribution >= 0.6 is 0 Å². The lowest BCUT2D eigenvalue weighted by atomic mass is 10.0. The molecule has 0 saturated carbocycles. The van der Waals surface area contributed by atoms with Gasteiger partial charge in [-0.15, -0.1) is 0 Å². The number of H-pyrrole nitrogens is 1. The van der Waals surface area contributed by atoms with Crippen LogP contribution in [0.3, 0.4) is 0 Å². The molecule has 9 heteroatoms. The first-order valence-corrected chi connectivity index (χ1v) is 6.74. The Morgan fingerprint density at radius 2 is 2.33 bits per heavy atom. The largest absolute Gasteiger partial charge is 0.480 e. The highest BCUT2D eigenvalue weighted by Gasteiger charge is 2.46. The van der Waals surface area contributed by atoms with E-state index in [1.807, 2.05) is 0 Å². The first-order valence-electron chi connectivity index (χ1n) is 5.30. The Bertz CT molecular complexity index is 581. The first kappa shape index (κ1) is 13.0. The van der Waals surface area contributed by atoms with E-state index >= 15 is 0 Å². The van der Waals surface area contributed by atoms with Gasteiger partial charge in [-0.3, -0.25) is 9.89 Å². The van der Waals surface area contributed by atoms with Crippen LogP contribution in [-0.2, 0) is 14.8 Å². The molecule has 100 valence electrons. The molecule has 0 aliphatic carbocycles. The van der Waals surface area contributed by atoms with E-state index in [1.165, 1.54) is 6.20 Å². The fourth-order valence-electron chi connectivity index (χ4n) is 1.92. The monoisotopic (exact) mass is 274 g/mol. The Kier molecular flexibility index (Phi) is 2.92. The maximum absolute atomic E-state index is 12.2. The van der Waals surface area contributed by atoms with Crippen LogP contribution in [0.4, 0.5) is 0 Å². The van der Waals surface area contributed by atoms with Gasteiger partial charge in [-0.05, 0) is 13.3 Å². The second-order valence-corrected chi connectivity index (χ2v) is 6.32. The van der Waals surface area contributed by atoms with Crippen LogP contribution in [0.1, 0.15) is 12.1 Å². The normalized spacial score (nSPS) is 25.4. The molecule has 0 spiro atoms. The van der Waals surface area contributed by atoms with Crippen LogP contribution in [-0.4, -0.2) is 52.6 Å². The average Bonchev–Trinajstić information content (AvgIpc) is 2.86. The molecule has 0 bridgehead atoms. The molecule has 8 nitrogen and oxygen atoms in total. The molecule has 0 radical (unpaired) electrons. The van der Waals surface area contributed by atoms with E-state index in [4.69, 9.17) is 10.8 Å². The summed E-state index contributed by atoms with van der Waals surface area (Å²) in [6, 6.07) is 0. The van der Waals surface area contributed by atoms with Crippen LogP contribution in [0.2, 0.25) is 0 Å². The Labute approximate surface area is 104 Å². The highest BCUT2D eigenvalue weighted by Crippen LogP contribution is 2.26. The minimum absolute atomic E-state index is 0.0529. The predicted octanol–water partition coefficient (Wildman–Crippen LogP) is -1.11. The van der Waals surface area contributed by atoms with E-state index in [9.17, 15) is 13.2 Å². The lowest BCUT2D eigenvalue weighted by Gasteiger charge is -2.19. The summed E-state index contributed by atoms with van der Waals surface area (Å²) < 4.78 is 25.6. The molecule has 1 fully saturated rings. The lowest BCUT2D eigenvalue weighted by molar-refractivity contribution is -0.142. The fourth-order valence-corrected chi connectivity index (χ4v) is 3.54. The number of aromatic amines is 1. The molecule has 1 atom stereocenters. The molecule has 2 heterocycles. The third kappa shape index (κ3) is 1.89. The number of nitrogens with one attached hydrogen (secondary N) is 1. The fraction of sp³-hybridized carbons (Fsp3) is 0.556. The smallest absolute Gasteiger partial charge is 0.325 e. The van der Waals surface area contributed by atoms with Gasteiger partial charge in [0.05, 0.1) is 11.9 Å². The number of sulfonamides is 1. The second-order valence-electron chi connectivity index (χ2n) is 4.41. The average molecular weight is 274 g/mol. The zero-order valence-electron chi connectivity index (χ0n) is 9.75. The summed E-state index contributed by atoms with van der Waals surface area (Å²) in [7, 11) is -3.73. The van der Waals surface area contributed by atoms with Crippen LogP contribution in [0, 0.1) is 6.92 Å². The molecule has 1 aliphatic heterocycles. The zero-order chi connectivity index (χ0) is 13.6. The molecule has 0 aromatic carbocycles. The molecule has 2 rings (SSSR count). The Hall–Kier alpha value is -1.45. The molecule has 1 aromatic heterocycles. The van der Waals surface area contributed by atoms with Crippen LogP contribution in [0.5, 0.6) is 0 Å². The first-order chi connectivity index (χ1) is 8.27. The van der Waals surface area contributed by atoms with Crippen LogP contribution in [0.25, 0.3) is 0 Å². The van der Waals surface area contributed by atoms with Crippen molar-refractivity contribution in [3.63, 3.8) is 0 Å². The van der Waals surface area contributed by atoms with Gasteiger partial charge in [0.15, 0.2) is 0 Å². The summed E-state index contributed by atoms with van der Waals surface area (Å²) in [5.41, 5.74) is 4.56. The number of aliphatic carboxylic acids is 1. The van der Waals surface area contributed by atoms with E-state index in [2.05, 4.69) is 10.2 Å². The van der Waals surface area contributed by atoms with E-state index in [1.54, 1.807) is 6.92 Å². The third-order valence-corrected chi connectivity index (χ3v) is 5.05. The van der Waals surface area contributed by atoms with Gasteiger partial charge in [0.25, 0.3) is 0 Å². The van der Waals surface area contributed by atoms with Crippen LogP contribution in [0.15, 0.2) is 11.1 Å². The molecule has 18 heavy (non-hydrogen) atoms. The standard InChI is InChI=1S/C9H14N4O4S/c1-6-7(4-11-12-6)18(16,17)13-3-2-9(10,5-13)8(14)15/h4H,2-3,5,10H2,1H3,(H,11,12)(H,14,15). The van der Waals surface area contributed by atoms with Crippen LogP contribution < -0.4 is 5.73 Å². The van der Waals surface area contributed by atoms with Crippen molar-refractivity contribution in [2.24, 2.45) is 5.73 Å². The van der Waals surface area contributed by atoms with Crippen molar-refractivity contribution in [1.82, 2.24) is 14.5 Å². The Morgan fingerprint density at radius 3 is 2.78 bits per heavy atom. The molecular weight excluding hydrogens is 260 g/mol. The quantitative estimate of drug-likeness (QED) is 0.641. The Balaban J connectivity index is 2.30. The maximum Gasteiger partial charge on any atom is 0.325 e. The van der Waals surface area contributed by atoms with Crippen molar-refractivity contribution >= 4 is 16.0 Å². The lowest BCUT2D eigenvalue weighted by Crippen LogP contribution is -2.50. The number of carbonyl (C=O) groups is 1. The summed E-state index contributed by atoms with van der Waals surface area (Å²) in [6.07, 6.45) is 1.31. The third-order valence-electron chi connectivity index (χ3n) is 3.09. The van der Waals surface area contributed by atoms with E-state index in [0.29, 0.717) is 5.69 Å². The minimum atomic E-state index is -3.73. The van der Waals surface area contributed by atoms with Crippen molar-refractivity contribution in [2.45, 2.75) is 23.8 Å². The second kappa shape index (κ2) is 4.04. The summed E-state index contributed by atoms with van der Waals surface area (Å²) in [5.74, 6) is -1.19. The van der Waals surface area contributed by atoms with E-state index in [-0.39, 0.29) is 24.4 Å². The number of carboxylic acid groups (broad SMARTS) is 1. The number of carboxylic acids is 1. The van der Waals surface area contributed by atoms with E-state index < -0.39 is 21.5 Å². The van der Waals surface area contributed by atoms with Crippen molar-refractivity contribution in [3.05, 3.63) is 11.9 Å². The van der Waals surface area contributed by atoms with Gasteiger partial charge in [-0.1, -0.05) is 0 Å². The molecular formula is C9H14N4O4S. The summed E-state index contributed by atoms with van der Waals surface area (Å²) in [5, 5.41) is 15.2. The predicted molar refractivity (Wildman–Crippen MR) is 61.3 cm³/mol. The number of hydrogen-bond donors (Lipinski definition) is 3. The molecule has 1 saturated heterocycles. The van der Waals surface area contributed by atoms with Crippen molar-refractivity contribution in [2.75, 3.05) is 13.1 Å². The van der Waals surface area contributed by atoms with Crippen molar-refractivity contribution in [3.8, 4) is 0 Å². The number of aryl methyl sites for hydroxylation is 1. The molecule has 1 unspecified atom stereocenters. The molecule has 1 aliphatic rings. The van der Waals surface area contributed by atoms with E-state index in [0.717, 1.165) is 4.31 Å². The summed E-state index contributed by atoms with van der Waals surface area (Å²) >= 11 is 0. The minimum Gasteiger partial charge on any atom is -0.480 e. The number of nitrogens with zero attached hydrogens (tertiary/aromatic N) is 2. The maximum atomic E-state index is 12.2. The summed E-state index contributed by atoms with van der Waals surface area (Å²) in [6.45, 7) is 1.45. The van der Waals surface area contributed by atoms with Crippen molar-refractivity contribution < 1.29 is 18.3 Å². The van der Waals surface area contributed by atoms with Gasteiger partial charge >= 0.3 is 5.97 Å². The van der Waals surface area contributed by atoms with Gasteiger partial charge in [0.2, 0.25) is 10.0 Å². The van der Waals surface area contributed by atoms with Crippen molar-refractivity contribution in [1.29, 1.82) is 0 Å². The molecule has 1 aromatic rings. The number of nitrogens with two attached hydrogens (primary N) is 1. The highest BCUT2D eigenvalue weighted by atomic mass is 32.2. The van der Waals surface area contributed by atoms with Gasteiger partial charge in [0, 0.05) is 13.1 Å². The topological polar surface area (TPSA) is 129 Å². The SMILES string of the molecule is Cc1[nH]ncc1S(=O)(=O)N1CCC(N)(C(=O)O)C1. The van der Waals surface area contributed by atoms with Gasteiger partial charge in [-0.25, -0.2) is 8.42 Å². The molecule has 4 N–H and O–H groups in total.